The Bertz CT molecular complexity index is 1580. The number of allylic oxidation sites excluding steroid dienone is 1. The molecule has 3 aromatic carbocycles. The molecule has 0 fully saturated rings. The SMILES string of the molecule is C#CCO/N=C(\C(C)=C(/ON)c1ccccc1/C(=N/OCC)C(=O)OC)c1ccc(OCc2cccc(C(F)(F)F)c2)cc1. The molecule has 0 atom stereocenters. The lowest BCUT2D eigenvalue weighted by atomic mass is 9.95. The number of carbonyl (C=O) groups is 1. The van der Waals surface area contributed by atoms with E-state index >= 15 is 0 Å². The summed E-state index contributed by atoms with van der Waals surface area (Å²) in [5.74, 6) is 7.86. The molecule has 0 aliphatic carbocycles. The molecule has 230 valence electrons. The van der Waals surface area contributed by atoms with Crippen LogP contribution in [0.15, 0.2) is 88.7 Å². The highest BCUT2D eigenvalue weighted by molar-refractivity contribution is 6.44. The second-order valence-electron chi connectivity index (χ2n) is 8.90. The van der Waals surface area contributed by atoms with Gasteiger partial charge >= 0.3 is 12.1 Å². The number of rotatable bonds is 13. The summed E-state index contributed by atoms with van der Waals surface area (Å²) in [6.07, 6.45) is 0.872. The minimum atomic E-state index is -4.45. The highest BCUT2D eigenvalue weighted by Gasteiger charge is 2.30. The molecule has 3 aromatic rings. The van der Waals surface area contributed by atoms with Crippen molar-refractivity contribution in [2.45, 2.75) is 26.6 Å². The van der Waals surface area contributed by atoms with Crippen LogP contribution in [0.3, 0.4) is 0 Å². The fraction of sp³-hybridized carbons (Fsp3) is 0.219. The Kier molecular flexibility index (Phi) is 11.9. The number of halogens is 3. The molecule has 0 aliphatic heterocycles. The molecule has 9 nitrogen and oxygen atoms in total. The Labute approximate surface area is 252 Å². The molecule has 0 heterocycles. The Morgan fingerprint density at radius 1 is 0.955 bits per heavy atom. The van der Waals surface area contributed by atoms with E-state index in [2.05, 4.69) is 16.2 Å². The monoisotopic (exact) mass is 609 g/mol. The van der Waals surface area contributed by atoms with Crippen molar-refractivity contribution in [3.05, 3.63) is 106 Å². The van der Waals surface area contributed by atoms with Gasteiger partial charge in [0.25, 0.3) is 0 Å². The van der Waals surface area contributed by atoms with E-state index in [0.717, 1.165) is 12.1 Å². The van der Waals surface area contributed by atoms with Crippen LogP contribution in [-0.2, 0) is 36.8 Å². The van der Waals surface area contributed by atoms with Crippen molar-refractivity contribution in [1.82, 2.24) is 0 Å². The lowest BCUT2D eigenvalue weighted by Crippen LogP contribution is -2.20. The van der Waals surface area contributed by atoms with Gasteiger partial charge in [0.2, 0.25) is 0 Å². The van der Waals surface area contributed by atoms with Gasteiger partial charge < -0.3 is 24.0 Å². The summed E-state index contributed by atoms with van der Waals surface area (Å²) >= 11 is 0. The zero-order chi connectivity index (χ0) is 32.1. The average molecular weight is 610 g/mol. The average Bonchev–Trinajstić information content (AvgIpc) is 3.03. The number of oxime groups is 2. The molecule has 0 spiro atoms. The predicted molar refractivity (Wildman–Crippen MR) is 158 cm³/mol. The number of nitrogens with zero attached hydrogens (tertiary/aromatic N) is 2. The number of benzene rings is 3. The first-order valence-electron chi connectivity index (χ1n) is 13.1. The van der Waals surface area contributed by atoms with Gasteiger partial charge in [-0.3, -0.25) is 0 Å². The Morgan fingerprint density at radius 2 is 1.64 bits per heavy atom. The maximum absolute atomic E-state index is 13.1. The third-order valence-corrected chi connectivity index (χ3v) is 6.00. The third-order valence-electron chi connectivity index (χ3n) is 6.00. The van der Waals surface area contributed by atoms with Gasteiger partial charge in [0.15, 0.2) is 18.1 Å². The number of terminal acetylenes is 1. The second kappa shape index (κ2) is 15.8. The van der Waals surface area contributed by atoms with Crippen molar-refractivity contribution in [2.75, 3.05) is 20.3 Å². The van der Waals surface area contributed by atoms with Crippen LogP contribution in [0, 0.1) is 12.3 Å². The van der Waals surface area contributed by atoms with Gasteiger partial charge in [-0.1, -0.05) is 52.6 Å². The van der Waals surface area contributed by atoms with Gasteiger partial charge in [0.1, 0.15) is 24.7 Å². The van der Waals surface area contributed by atoms with Crippen molar-refractivity contribution in [3.63, 3.8) is 0 Å². The molecule has 3 rings (SSSR count). The van der Waals surface area contributed by atoms with Crippen LogP contribution in [0.1, 0.15) is 41.7 Å². The van der Waals surface area contributed by atoms with Crippen molar-refractivity contribution in [3.8, 4) is 18.1 Å². The molecule has 0 aromatic heterocycles. The molecule has 2 N–H and O–H groups in total. The summed E-state index contributed by atoms with van der Waals surface area (Å²) in [6.45, 7) is 3.39. The number of ether oxygens (including phenoxy) is 2. The van der Waals surface area contributed by atoms with Crippen LogP contribution >= 0.6 is 0 Å². The van der Waals surface area contributed by atoms with E-state index in [1.54, 1.807) is 68.4 Å². The fourth-order valence-corrected chi connectivity index (χ4v) is 3.96. The molecule has 0 radical (unpaired) electrons. The Hall–Kier alpha value is -5.28. The summed E-state index contributed by atoms with van der Waals surface area (Å²) < 4.78 is 49.8. The maximum Gasteiger partial charge on any atom is 0.416 e. The number of hydrogen-bond donors (Lipinski definition) is 1. The molecule has 0 unspecified atom stereocenters. The topological polar surface area (TPSA) is 114 Å². The van der Waals surface area contributed by atoms with E-state index in [1.165, 1.54) is 13.2 Å². The highest BCUT2D eigenvalue weighted by Crippen LogP contribution is 2.30. The van der Waals surface area contributed by atoms with Gasteiger partial charge in [-0.2, -0.15) is 19.1 Å². The molecule has 0 amide bonds. The number of methoxy groups -OCH3 is 1. The number of hydrogen-bond acceptors (Lipinski definition) is 9. The summed E-state index contributed by atoms with van der Waals surface area (Å²) in [5.41, 5.74) is 1.39. The van der Waals surface area contributed by atoms with Crippen LogP contribution < -0.4 is 10.6 Å². The van der Waals surface area contributed by atoms with Crippen molar-refractivity contribution in [1.29, 1.82) is 0 Å². The van der Waals surface area contributed by atoms with E-state index in [0.29, 0.717) is 33.6 Å². The standard InChI is InChI=1S/C32H30F3N3O6/c1-5-18-43-37-28(23-14-16-25(17-15-23)41-20-22-10-9-11-24(19-22)32(33,34)35)21(3)30(44-36)27-13-8-7-12-26(27)29(31(39)40-4)38-42-6-2/h1,7-17,19H,6,18,20,36H2,2-4H3/b30-21-,37-28+,38-29-. The number of carbonyl (C=O) groups excluding carboxylic acids is 1. The lowest BCUT2D eigenvalue weighted by molar-refractivity contribution is -0.137. The van der Waals surface area contributed by atoms with Gasteiger partial charge in [-0.15, -0.1) is 6.42 Å². The molecular formula is C32H30F3N3O6. The summed E-state index contributed by atoms with van der Waals surface area (Å²) in [4.78, 5) is 28.3. The van der Waals surface area contributed by atoms with Crippen LogP contribution in [0.25, 0.3) is 5.76 Å². The third kappa shape index (κ3) is 8.62. The van der Waals surface area contributed by atoms with Crippen molar-refractivity contribution >= 4 is 23.2 Å². The summed E-state index contributed by atoms with van der Waals surface area (Å²) in [5, 5.41) is 8.12. The zero-order valence-electron chi connectivity index (χ0n) is 24.2. The van der Waals surface area contributed by atoms with E-state index < -0.39 is 17.7 Å². The first-order valence-corrected chi connectivity index (χ1v) is 13.1. The largest absolute Gasteiger partial charge is 0.489 e. The first-order chi connectivity index (χ1) is 21.1. The first kappa shape index (κ1) is 33.2. The van der Waals surface area contributed by atoms with E-state index in [1.807, 2.05) is 0 Å². The second-order valence-corrected chi connectivity index (χ2v) is 8.90. The molecule has 0 bridgehead atoms. The molecule has 12 heteroatoms. The minimum absolute atomic E-state index is 0.0812. The number of nitrogens with two attached hydrogens (primary N) is 1. The van der Waals surface area contributed by atoms with Gasteiger partial charge in [-0.05, 0) is 55.8 Å². The minimum Gasteiger partial charge on any atom is -0.489 e. The normalized spacial score (nSPS) is 12.5. The lowest BCUT2D eigenvalue weighted by Gasteiger charge is -2.16. The molecular weight excluding hydrogens is 579 g/mol. The van der Waals surface area contributed by atoms with E-state index in [4.69, 9.17) is 36.3 Å². The summed E-state index contributed by atoms with van der Waals surface area (Å²) in [7, 11) is 1.22. The van der Waals surface area contributed by atoms with Crippen molar-refractivity contribution in [2.24, 2.45) is 16.2 Å². The zero-order valence-corrected chi connectivity index (χ0v) is 24.2. The van der Waals surface area contributed by atoms with Gasteiger partial charge in [0, 0.05) is 22.3 Å². The van der Waals surface area contributed by atoms with Crippen LogP contribution in [0.5, 0.6) is 5.75 Å². The summed E-state index contributed by atoms with van der Waals surface area (Å²) in [6, 6.07) is 18.2. The number of esters is 1. The molecule has 0 saturated carbocycles. The molecule has 44 heavy (non-hydrogen) atoms. The Morgan fingerprint density at radius 3 is 2.25 bits per heavy atom. The van der Waals surface area contributed by atoms with Crippen LogP contribution in [0.4, 0.5) is 13.2 Å². The maximum atomic E-state index is 13.1. The highest BCUT2D eigenvalue weighted by atomic mass is 19.4. The smallest absolute Gasteiger partial charge is 0.416 e. The van der Waals surface area contributed by atoms with Crippen molar-refractivity contribution < 1.29 is 42.0 Å². The van der Waals surface area contributed by atoms with E-state index in [-0.39, 0.29) is 37.0 Å². The van der Waals surface area contributed by atoms with Crippen LogP contribution in [-0.4, -0.2) is 37.7 Å². The number of alkyl halides is 3. The molecule has 0 aliphatic rings. The fourth-order valence-electron chi connectivity index (χ4n) is 3.96. The van der Waals surface area contributed by atoms with Gasteiger partial charge in [0.05, 0.1) is 12.7 Å². The van der Waals surface area contributed by atoms with E-state index in [9.17, 15) is 18.0 Å². The predicted octanol–water partition coefficient (Wildman–Crippen LogP) is 5.87. The van der Waals surface area contributed by atoms with Crippen LogP contribution in [0.2, 0.25) is 0 Å². The quantitative estimate of drug-likeness (QED) is 0.0644. The van der Waals surface area contributed by atoms with Gasteiger partial charge in [-0.25, -0.2) is 4.79 Å². The Balaban J connectivity index is 2.00. The molecule has 0 saturated heterocycles.